The number of nitrogens with one attached hydrogen (secondary N) is 3. The predicted octanol–water partition coefficient (Wildman–Crippen LogP) is 4.89. The van der Waals surface area contributed by atoms with Crippen molar-refractivity contribution < 1.29 is 28.4 Å². The van der Waals surface area contributed by atoms with Gasteiger partial charge >= 0.3 is 0 Å². The zero-order chi connectivity index (χ0) is 29.4. The Kier molecular flexibility index (Phi) is 9.68. The largest absolute Gasteiger partial charge is 0.493 e. The molecule has 3 N–H and O–H groups in total. The van der Waals surface area contributed by atoms with E-state index in [-0.39, 0.29) is 5.56 Å². The number of H-pyrrole nitrogens is 1. The Morgan fingerprint density at radius 1 is 0.585 bits per heavy atom. The van der Waals surface area contributed by atoms with Crippen molar-refractivity contribution in [3.05, 3.63) is 70.0 Å². The normalized spacial score (nSPS) is 10.7. The van der Waals surface area contributed by atoms with Crippen molar-refractivity contribution in [3.63, 3.8) is 0 Å². The summed E-state index contributed by atoms with van der Waals surface area (Å²) >= 11 is 0. The number of methoxy groups -OCH3 is 6. The van der Waals surface area contributed by atoms with Gasteiger partial charge in [-0.2, -0.15) is 0 Å². The highest BCUT2D eigenvalue weighted by Gasteiger charge is 2.18. The number of benzene rings is 3. The van der Waals surface area contributed by atoms with Gasteiger partial charge in [0, 0.05) is 18.5 Å². The van der Waals surface area contributed by atoms with Crippen LogP contribution in [0.4, 0.5) is 11.4 Å². The Balaban J connectivity index is 1.63. The van der Waals surface area contributed by atoms with Crippen molar-refractivity contribution in [2.45, 2.75) is 12.8 Å². The Labute approximate surface area is 239 Å². The van der Waals surface area contributed by atoms with E-state index in [0.717, 1.165) is 16.5 Å². The van der Waals surface area contributed by atoms with E-state index in [1.54, 1.807) is 42.7 Å². The molecule has 0 spiro atoms. The third-order valence-electron chi connectivity index (χ3n) is 6.86. The average Bonchev–Trinajstić information content (AvgIpc) is 3.01. The van der Waals surface area contributed by atoms with Crippen molar-refractivity contribution in [1.82, 2.24) is 4.98 Å². The van der Waals surface area contributed by atoms with E-state index in [9.17, 15) is 4.79 Å². The van der Waals surface area contributed by atoms with Gasteiger partial charge in [0.15, 0.2) is 34.5 Å². The molecule has 0 saturated heterocycles. The fraction of sp³-hybridized carbons (Fsp3) is 0.323. The van der Waals surface area contributed by atoms with Crippen LogP contribution in [0.15, 0.2) is 53.3 Å². The highest BCUT2D eigenvalue weighted by Crippen LogP contribution is 2.38. The van der Waals surface area contributed by atoms with Crippen LogP contribution in [0.1, 0.15) is 11.1 Å². The first-order chi connectivity index (χ1) is 20.0. The molecule has 0 aliphatic rings. The fourth-order valence-corrected chi connectivity index (χ4v) is 4.77. The van der Waals surface area contributed by atoms with Crippen LogP contribution >= 0.6 is 0 Å². The maximum atomic E-state index is 13.4. The van der Waals surface area contributed by atoms with Crippen LogP contribution in [0, 0.1) is 0 Å². The first kappa shape index (κ1) is 29.3. The second kappa shape index (κ2) is 13.6. The fourth-order valence-electron chi connectivity index (χ4n) is 4.77. The van der Waals surface area contributed by atoms with Gasteiger partial charge in [-0.1, -0.05) is 12.1 Å². The molecule has 0 fully saturated rings. The molecule has 1 aromatic heterocycles. The number of pyridine rings is 1. The number of hydrogen-bond acceptors (Lipinski definition) is 9. The molecule has 0 saturated carbocycles. The Bertz CT molecular complexity index is 1550. The lowest BCUT2D eigenvalue weighted by atomic mass is 10.1. The lowest BCUT2D eigenvalue weighted by Crippen LogP contribution is -2.20. The smallest absolute Gasteiger partial charge is 0.274 e. The van der Waals surface area contributed by atoms with Gasteiger partial charge in [-0.25, -0.2) is 0 Å². The molecule has 0 aliphatic carbocycles. The summed E-state index contributed by atoms with van der Waals surface area (Å²) in [4.78, 5) is 16.4. The van der Waals surface area contributed by atoms with Gasteiger partial charge in [-0.15, -0.1) is 0 Å². The van der Waals surface area contributed by atoms with E-state index >= 15 is 0 Å². The van der Waals surface area contributed by atoms with E-state index in [2.05, 4.69) is 15.6 Å². The van der Waals surface area contributed by atoms with Crippen LogP contribution in [0.3, 0.4) is 0 Å². The van der Waals surface area contributed by atoms with E-state index in [1.807, 2.05) is 48.5 Å². The molecule has 0 bridgehead atoms. The SMILES string of the molecule is COc1ccc(CCNc2c(NCCc3ccc(OC)c(OC)c3)c3ccc(OC)c(OC)c3[nH]c2=O)cc1OC. The van der Waals surface area contributed by atoms with E-state index in [4.69, 9.17) is 28.4 Å². The molecule has 3 aromatic carbocycles. The molecule has 10 heteroatoms. The highest BCUT2D eigenvalue weighted by molar-refractivity contribution is 6.01. The molecule has 10 nitrogen and oxygen atoms in total. The van der Waals surface area contributed by atoms with Crippen LogP contribution in [0.2, 0.25) is 0 Å². The molecule has 0 unspecified atom stereocenters. The molecule has 0 atom stereocenters. The van der Waals surface area contributed by atoms with Gasteiger partial charge in [0.1, 0.15) is 5.69 Å². The molecule has 41 heavy (non-hydrogen) atoms. The van der Waals surface area contributed by atoms with Crippen molar-refractivity contribution >= 4 is 22.3 Å². The number of rotatable bonds is 14. The quantitative estimate of drug-likeness (QED) is 0.197. The molecular weight excluding hydrogens is 526 g/mol. The van der Waals surface area contributed by atoms with E-state index < -0.39 is 0 Å². The average molecular weight is 564 g/mol. The standard InChI is InChI=1S/C31H37N3O7/c1-36-22-10-7-19(17-25(22)39-4)13-15-32-27-21-9-12-24(38-3)30(41-6)28(21)34-31(35)29(27)33-16-14-20-8-11-23(37-2)26(18-20)40-5/h7-12,17-18,33H,13-16H2,1-6H3,(H2,32,34,35). The molecule has 218 valence electrons. The number of ether oxygens (including phenoxy) is 6. The number of aromatic amines is 1. The Hall–Kier alpha value is -4.73. The summed E-state index contributed by atoms with van der Waals surface area (Å²) in [5.74, 6) is 3.66. The zero-order valence-electron chi connectivity index (χ0n) is 24.3. The van der Waals surface area contributed by atoms with Gasteiger partial charge < -0.3 is 44.0 Å². The molecule has 4 rings (SSSR count). The number of anilines is 2. The second-order valence-electron chi connectivity index (χ2n) is 9.16. The lowest BCUT2D eigenvalue weighted by Gasteiger charge is -2.18. The molecule has 0 radical (unpaired) electrons. The minimum atomic E-state index is -0.273. The van der Waals surface area contributed by atoms with Gasteiger partial charge in [-0.05, 0) is 60.4 Å². The van der Waals surface area contributed by atoms with Crippen molar-refractivity contribution in [2.24, 2.45) is 0 Å². The highest BCUT2D eigenvalue weighted by atomic mass is 16.5. The van der Waals surface area contributed by atoms with Gasteiger partial charge in [0.25, 0.3) is 5.56 Å². The number of hydrogen-bond donors (Lipinski definition) is 3. The first-order valence-corrected chi connectivity index (χ1v) is 13.2. The van der Waals surface area contributed by atoms with Crippen LogP contribution < -0.4 is 44.6 Å². The minimum absolute atomic E-state index is 0.273. The third-order valence-corrected chi connectivity index (χ3v) is 6.86. The lowest BCUT2D eigenvalue weighted by molar-refractivity contribution is 0.354. The number of aromatic nitrogens is 1. The Morgan fingerprint density at radius 3 is 1.56 bits per heavy atom. The van der Waals surface area contributed by atoms with E-state index in [0.29, 0.717) is 77.3 Å². The summed E-state index contributed by atoms with van der Waals surface area (Å²) in [5, 5.41) is 7.64. The van der Waals surface area contributed by atoms with Crippen LogP contribution in [-0.2, 0) is 12.8 Å². The Morgan fingerprint density at radius 2 is 1.07 bits per heavy atom. The third kappa shape index (κ3) is 6.37. The summed E-state index contributed by atoms with van der Waals surface area (Å²) in [6, 6.07) is 15.4. The summed E-state index contributed by atoms with van der Waals surface area (Å²) < 4.78 is 32.6. The summed E-state index contributed by atoms with van der Waals surface area (Å²) in [5.41, 5.74) is 3.50. The zero-order valence-corrected chi connectivity index (χ0v) is 24.3. The maximum absolute atomic E-state index is 13.4. The molecule has 1 heterocycles. The van der Waals surface area contributed by atoms with Gasteiger partial charge in [0.05, 0.1) is 53.9 Å². The van der Waals surface area contributed by atoms with Crippen LogP contribution in [0.25, 0.3) is 10.9 Å². The molecule has 0 amide bonds. The van der Waals surface area contributed by atoms with E-state index in [1.165, 1.54) is 0 Å². The molecule has 4 aromatic rings. The van der Waals surface area contributed by atoms with Crippen LogP contribution in [-0.4, -0.2) is 60.7 Å². The van der Waals surface area contributed by atoms with Crippen LogP contribution in [0.5, 0.6) is 34.5 Å². The summed E-state index contributed by atoms with van der Waals surface area (Å²) in [6.07, 6.45) is 1.35. The maximum Gasteiger partial charge on any atom is 0.274 e. The summed E-state index contributed by atoms with van der Waals surface area (Å²) in [6.45, 7) is 1.08. The minimum Gasteiger partial charge on any atom is -0.493 e. The first-order valence-electron chi connectivity index (χ1n) is 13.2. The van der Waals surface area contributed by atoms with Crippen molar-refractivity contribution in [1.29, 1.82) is 0 Å². The van der Waals surface area contributed by atoms with Crippen molar-refractivity contribution in [2.75, 3.05) is 66.4 Å². The topological polar surface area (TPSA) is 112 Å². The van der Waals surface area contributed by atoms with Gasteiger partial charge in [0.2, 0.25) is 0 Å². The predicted molar refractivity (Wildman–Crippen MR) is 161 cm³/mol. The van der Waals surface area contributed by atoms with Gasteiger partial charge in [-0.3, -0.25) is 4.79 Å². The second-order valence-corrected chi connectivity index (χ2v) is 9.16. The summed E-state index contributed by atoms with van der Waals surface area (Å²) in [7, 11) is 9.56. The molecular formula is C31H37N3O7. The van der Waals surface area contributed by atoms with Crippen molar-refractivity contribution in [3.8, 4) is 34.5 Å². The number of fused-ring (bicyclic) bond motifs is 1. The monoisotopic (exact) mass is 563 g/mol. The molecule has 0 aliphatic heterocycles.